The van der Waals surface area contributed by atoms with Gasteiger partial charge in [-0.3, -0.25) is 4.99 Å². The molecule has 3 aromatic rings. The van der Waals surface area contributed by atoms with Gasteiger partial charge < -0.3 is 14.2 Å². The Morgan fingerprint density at radius 2 is 1.52 bits per heavy atom. The molecule has 0 heterocycles. The van der Waals surface area contributed by atoms with Gasteiger partial charge in [-0.05, 0) is 64.6 Å². The molecule has 0 radical (unpaired) electrons. The van der Waals surface area contributed by atoms with E-state index in [2.05, 4.69) is 37.9 Å². The number of ether oxygens (including phenoxy) is 3. The molecule has 3 rings (SSSR count). The summed E-state index contributed by atoms with van der Waals surface area (Å²) in [7, 11) is 3.28. The molecular formula is C26H28ClNO3. The molecule has 0 saturated heterocycles. The van der Waals surface area contributed by atoms with Crippen LogP contribution in [0.1, 0.15) is 37.5 Å². The second-order valence-electron chi connectivity index (χ2n) is 8.22. The summed E-state index contributed by atoms with van der Waals surface area (Å²) in [5.74, 6) is 2.05. The SMILES string of the molecule is COc1ccc(C(C)(C)C)cc1N=Cc1ccc(OCc2ccc(Cl)cc2)c(OC)c1. The average molecular weight is 438 g/mol. The number of hydrogen-bond donors (Lipinski definition) is 0. The first kappa shape index (κ1) is 22.7. The minimum Gasteiger partial charge on any atom is -0.494 e. The second kappa shape index (κ2) is 9.88. The molecular weight excluding hydrogens is 410 g/mol. The highest BCUT2D eigenvalue weighted by molar-refractivity contribution is 6.30. The highest BCUT2D eigenvalue weighted by Crippen LogP contribution is 2.34. The van der Waals surface area contributed by atoms with Gasteiger partial charge in [-0.1, -0.05) is 50.6 Å². The molecule has 3 aromatic carbocycles. The molecule has 0 fully saturated rings. The Morgan fingerprint density at radius 3 is 2.16 bits per heavy atom. The normalized spacial score (nSPS) is 11.5. The summed E-state index contributed by atoms with van der Waals surface area (Å²) in [6.45, 7) is 6.96. The maximum absolute atomic E-state index is 5.94. The molecule has 162 valence electrons. The first-order valence-corrected chi connectivity index (χ1v) is 10.5. The average Bonchev–Trinajstić information content (AvgIpc) is 2.76. The Labute approximate surface area is 189 Å². The standard InChI is InChI=1S/C26H28ClNO3/c1-26(2,3)20-9-13-23(29-4)22(15-20)28-16-19-8-12-24(25(14-19)30-5)31-17-18-6-10-21(27)11-7-18/h6-16H,17H2,1-5H3. The summed E-state index contributed by atoms with van der Waals surface area (Å²) >= 11 is 5.94. The minimum absolute atomic E-state index is 0.0306. The Hall–Kier alpha value is -2.98. The van der Waals surface area contributed by atoms with Gasteiger partial charge in [-0.25, -0.2) is 0 Å². The van der Waals surface area contributed by atoms with Gasteiger partial charge in [0.15, 0.2) is 11.5 Å². The van der Waals surface area contributed by atoms with E-state index in [4.69, 9.17) is 25.8 Å². The lowest BCUT2D eigenvalue weighted by molar-refractivity contribution is 0.284. The third-order valence-electron chi connectivity index (χ3n) is 4.89. The molecule has 0 unspecified atom stereocenters. The van der Waals surface area contributed by atoms with Gasteiger partial charge in [0.1, 0.15) is 18.0 Å². The highest BCUT2D eigenvalue weighted by atomic mass is 35.5. The maximum Gasteiger partial charge on any atom is 0.161 e. The van der Waals surface area contributed by atoms with Crippen molar-refractivity contribution < 1.29 is 14.2 Å². The molecule has 31 heavy (non-hydrogen) atoms. The molecule has 0 aliphatic rings. The summed E-state index contributed by atoms with van der Waals surface area (Å²) in [5, 5.41) is 0.703. The third kappa shape index (κ3) is 6.02. The Balaban J connectivity index is 1.79. The van der Waals surface area contributed by atoms with Crippen molar-refractivity contribution in [3.8, 4) is 17.2 Å². The Bertz CT molecular complexity index is 1050. The van der Waals surface area contributed by atoms with Crippen molar-refractivity contribution in [1.82, 2.24) is 0 Å². The Kier molecular flexibility index (Phi) is 7.24. The van der Waals surface area contributed by atoms with Crippen LogP contribution in [0.5, 0.6) is 17.2 Å². The van der Waals surface area contributed by atoms with Crippen LogP contribution in [0.2, 0.25) is 5.02 Å². The molecule has 0 saturated carbocycles. The lowest BCUT2D eigenvalue weighted by Gasteiger charge is -2.20. The van der Waals surface area contributed by atoms with E-state index < -0.39 is 0 Å². The first-order valence-electron chi connectivity index (χ1n) is 10.1. The van der Waals surface area contributed by atoms with E-state index >= 15 is 0 Å². The molecule has 0 spiro atoms. The smallest absolute Gasteiger partial charge is 0.161 e. The number of rotatable bonds is 7. The molecule has 5 heteroatoms. The monoisotopic (exact) mass is 437 g/mol. The van der Waals surface area contributed by atoms with E-state index in [1.807, 2.05) is 48.5 Å². The molecule has 0 aliphatic carbocycles. The van der Waals surface area contributed by atoms with Crippen molar-refractivity contribution in [2.75, 3.05) is 14.2 Å². The number of methoxy groups -OCH3 is 2. The van der Waals surface area contributed by atoms with Crippen LogP contribution < -0.4 is 14.2 Å². The minimum atomic E-state index is 0.0306. The zero-order valence-corrected chi connectivity index (χ0v) is 19.4. The number of hydrogen-bond acceptors (Lipinski definition) is 4. The van der Waals surface area contributed by atoms with E-state index in [1.165, 1.54) is 5.56 Å². The fourth-order valence-electron chi connectivity index (χ4n) is 3.03. The number of nitrogens with zero attached hydrogens (tertiary/aromatic N) is 1. The molecule has 0 atom stereocenters. The van der Waals surface area contributed by atoms with Crippen molar-refractivity contribution in [3.05, 3.63) is 82.4 Å². The summed E-state index contributed by atoms with van der Waals surface area (Å²) in [6, 6.07) is 19.4. The summed E-state index contributed by atoms with van der Waals surface area (Å²) in [5.41, 5.74) is 3.95. The summed E-state index contributed by atoms with van der Waals surface area (Å²) in [6.07, 6.45) is 1.80. The number of aliphatic imine (C=N–C) groups is 1. The summed E-state index contributed by atoms with van der Waals surface area (Å²) < 4.78 is 16.9. The van der Waals surface area contributed by atoms with E-state index in [0.717, 1.165) is 22.6 Å². The second-order valence-corrected chi connectivity index (χ2v) is 8.66. The predicted octanol–water partition coefficient (Wildman–Crippen LogP) is 6.98. The van der Waals surface area contributed by atoms with Crippen molar-refractivity contribution in [2.24, 2.45) is 4.99 Å². The van der Waals surface area contributed by atoms with Gasteiger partial charge in [0.2, 0.25) is 0 Å². The summed E-state index contributed by atoms with van der Waals surface area (Å²) in [4.78, 5) is 4.67. The van der Waals surface area contributed by atoms with Crippen molar-refractivity contribution in [2.45, 2.75) is 32.8 Å². The van der Waals surface area contributed by atoms with Crippen LogP contribution in [0.15, 0.2) is 65.7 Å². The topological polar surface area (TPSA) is 40.0 Å². The quantitative estimate of drug-likeness (QED) is 0.374. The van der Waals surface area contributed by atoms with Crippen LogP contribution in [-0.4, -0.2) is 20.4 Å². The van der Waals surface area contributed by atoms with Crippen LogP contribution >= 0.6 is 11.6 Å². The first-order chi connectivity index (χ1) is 14.8. The van der Waals surface area contributed by atoms with Crippen molar-refractivity contribution >= 4 is 23.5 Å². The van der Waals surface area contributed by atoms with Gasteiger partial charge in [0.25, 0.3) is 0 Å². The molecule has 0 amide bonds. The fourth-order valence-corrected chi connectivity index (χ4v) is 3.15. The van der Waals surface area contributed by atoms with Gasteiger partial charge in [-0.15, -0.1) is 0 Å². The van der Waals surface area contributed by atoms with Crippen LogP contribution in [0.25, 0.3) is 0 Å². The predicted molar refractivity (Wildman–Crippen MR) is 128 cm³/mol. The lowest BCUT2D eigenvalue weighted by atomic mass is 9.87. The molecule has 0 aromatic heterocycles. The maximum atomic E-state index is 5.94. The zero-order chi connectivity index (χ0) is 22.4. The third-order valence-corrected chi connectivity index (χ3v) is 5.14. The molecule has 0 N–H and O–H groups in total. The van der Waals surface area contributed by atoms with Crippen LogP contribution in [0, 0.1) is 0 Å². The van der Waals surface area contributed by atoms with Gasteiger partial charge in [-0.2, -0.15) is 0 Å². The molecule has 4 nitrogen and oxygen atoms in total. The number of halogens is 1. The lowest BCUT2D eigenvalue weighted by Crippen LogP contribution is -2.10. The van der Waals surface area contributed by atoms with E-state index in [0.29, 0.717) is 23.1 Å². The van der Waals surface area contributed by atoms with Crippen LogP contribution in [0.4, 0.5) is 5.69 Å². The van der Waals surface area contributed by atoms with Crippen molar-refractivity contribution in [1.29, 1.82) is 0 Å². The number of benzene rings is 3. The fraction of sp³-hybridized carbons (Fsp3) is 0.269. The molecule has 0 bridgehead atoms. The van der Waals surface area contributed by atoms with Crippen molar-refractivity contribution in [3.63, 3.8) is 0 Å². The van der Waals surface area contributed by atoms with Gasteiger partial charge in [0.05, 0.1) is 14.2 Å². The van der Waals surface area contributed by atoms with Gasteiger partial charge >= 0.3 is 0 Å². The van der Waals surface area contributed by atoms with E-state index in [9.17, 15) is 0 Å². The van der Waals surface area contributed by atoms with E-state index in [1.54, 1.807) is 20.4 Å². The van der Waals surface area contributed by atoms with Crippen LogP contribution in [-0.2, 0) is 12.0 Å². The Morgan fingerprint density at radius 1 is 0.839 bits per heavy atom. The molecule has 0 aliphatic heterocycles. The van der Waals surface area contributed by atoms with E-state index in [-0.39, 0.29) is 5.41 Å². The zero-order valence-electron chi connectivity index (χ0n) is 18.6. The highest BCUT2D eigenvalue weighted by Gasteiger charge is 2.15. The van der Waals surface area contributed by atoms with Gasteiger partial charge in [0, 0.05) is 11.2 Å². The largest absolute Gasteiger partial charge is 0.494 e. The van der Waals surface area contributed by atoms with Crippen LogP contribution in [0.3, 0.4) is 0 Å².